The number of rotatable bonds is 3. The van der Waals surface area contributed by atoms with Gasteiger partial charge in [0.1, 0.15) is 5.65 Å². The van der Waals surface area contributed by atoms with Crippen molar-refractivity contribution in [2.45, 2.75) is 25.8 Å². The first-order valence-corrected chi connectivity index (χ1v) is 8.15. The SMILES string of the molecule is c1ccc(-c2nc3ccccn3c2CN2CCCCC2)cc1. The fourth-order valence-corrected chi connectivity index (χ4v) is 3.35. The van der Waals surface area contributed by atoms with Crippen molar-refractivity contribution < 1.29 is 0 Å². The van der Waals surface area contributed by atoms with Gasteiger partial charge in [0.15, 0.2) is 0 Å². The molecule has 3 heterocycles. The molecule has 1 fully saturated rings. The maximum Gasteiger partial charge on any atom is 0.137 e. The monoisotopic (exact) mass is 291 g/mol. The molecule has 0 radical (unpaired) electrons. The molecule has 1 saturated heterocycles. The van der Waals surface area contributed by atoms with Gasteiger partial charge in [-0.25, -0.2) is 4.98 Å². The summed E-state index contributed by atoms with van der Waals surface area (Å²) in [6, 6.07) is 16.8. The highest BCUT2D eigenvalue weighted by Gasteiger charge is 2.18. The van der Waals surface area contributed by atoms with Gasteiger partial charge in [-0.05, 0) is 38.1 Å². The molecule has 22 heavy (non-hydrogen) atoms. The number of likely N-dealkylation sites (tertiary alicyclic amines) is 1. The highest BCUT2D eigenvalue weighted by molar-refractivity contribution is 5.66. The smallest absolute Gasteiger partial charge is 0.137 e. The minimum absolute atomic E-state index is 0.982. The summed E-state index contributed by atoms with van der Waals surface area (Å²) in [5, 5.41) is 0. The molecule has 1 aliphatic rings. The topological polar surface area (TPSA) is 20.5 Å². The Labute approximate surface area is 131 Å². The van der Waals surface area contributed by atoms with Crippen LogP contribution < -0.4 is 0 Å². The van der Waals surface area contributed by atoms with Crippen molar-refractivity contribution >= 4 is 5.65 Å². The van der Waals surface area contributed by atoms with Gasteiger partial charge in [-0.3, -0.25) is 4.90 Å². The van der Waals surface area contributed by atoms with E-state index in [0.29, 0.717) is 0 Å². The van der Waals surface area contributed by atoms with Crippen LogP contribution in [0.15, 0.2) is 54.7 Å². The summed E-state index contributed by atoms with van der Waals surface area (Å²) in [5.74, 6) is 0. The first-order chi connectivity index (χ1) is 10.9. The van der Waals surface area contributed by atoms with E-state index < -0.39 is 0 Å². The van der Waals surface area contributed by atoms with Crippen LogP contribution >= 0.6 is 0 Å². The molecule has 3 aromatic rings. The number of fused-ring (bicyclic) bond motifs is 1. The largest absolute Gasteiger partial charge is 0.302 e. The highest BCUT2D eigenvalue weighted by atomic mass is 15.2. The summed E-state index contributed by atoms with van der Waals surface area (Å²) < 4.78 is 2.25. The van der Waals surface area contributed by atoms with Gasteiger partial charge >= 0.3 is 0 Å². The van der Waals surface area contributed by atoms with Crippen LogP contribution in [0.2, 0.25) is 0 Å². The Kier molecular flexibility index (Phi) is 3.65. The number of hydrogen-bond acceptors (Lipinski definition) is 2. The lowest BCUT2D eigenvalue weighted by atomic mass is 10.1. The summed E-state index contributed by atoms with van der Waals surface area (Å²) in [6.07, 6.45) is 6.14. The molecule has 0 unspecified atom stereocenters. The minimum atomic E-state index is 0.982. The second-order valence-electron chi connectivity index (χ2n) is 6.04. The van der Waals surface area contributed by atoms with Crippen LogP contribution in [-0.2, 0) is 6.54 Å². The van der Waals surface area contributed by atoms with Crippen LogP contribution in [0.3, 0.4) is 0 Å². The molecule has 1 aliphatic heterocycles. The van der Waals surface area contributed by atoms with E-state index in [2.05, 4.69) is 64.0 Å². The number of pyridine rings is 1. The number of piperidine rings is 1. The van der Waals surface area contributed by atoms with Crippen LogP contribution in [0.25, 0.3) is 16.9 Å². The van der Waals surface area contributed by atoms with E-state index in [9.17, 15) is 0 Å². The lowest BCUT2D eigenvalue weighted by Crippen LogP contribution is -2.29. The number of benzene rings is 1. The zero-order valence-electron chi connectivity index (χ0n) is 12.8. The van der Waals surface area contributed by atoms with Gasteiger partial charge in [0.25, 0.3) is 0 Å². The van der Waals surface area contributed by atoms with Crippen molar-refractivity contribution in [3.8, 4) is 11.3 Å². The Morgan fingerprint density at radius 2 is 1.64 bits per heavy atom. The molecule has 0 saturated carbocycles. The van der Waals surface area contributed by atoms with E-state index in [1.807, 2.05) is 0 Å². The number of hydrogen-bond donors (Lipinski definition) is 0. The fraction of sp³-hybridized carbons (Fsp3) is 0.316. The van der Waals surface area contributed by atoms with Gasteiger partial charge in [-0.1, -0.05) is 42.8 Å². The van der Waals surface area contributed by atoms with E-state index in [4.69, 9.17) is 4.98 Å². The van der Waals surface area contributed by atoms with Gasteiger partial charge in [0.2, 0.25) is 0 Å². The Hall–Kier alpha value is -2.13. The summed E-state index contributed by atoms with van der Waals surface area (Å²) in [4.78, 5) is 7.45. The quantitative estimate of drug-likeness (QED) is 0.727. The lowest BCUT2D eigenvalue weighted by Gasteiger charge is -2.26. The van der Waals surface area contributed by atoms with E-state index in [-0.39, 0.29) is 0 Å². The predicted octanol–water partition coefficient (Wildman–Crippen LogP) is 3.99. The van der Waals surface area contributed by atoms with Gasteiger partial charge in [0, 0.05) is 18.3 Å². The summed E-state index contributed by atoms with van der Waals surface area (Å²) in [7, 11) is 0. The van der Waals surface area contributed by atoms with E-state index in [1.165, 1.54) is 43.6 Å². The molecule has 0 amide bonds. The number of nitrogens with zero attached hydrogens (tertiary/aromatic N) is 3. The normalized spacial score (nSPS) is 16.2. The maximum atomic E-state index is 4.88. The molecule has 112 valence electrons. The van der Waals surface area contributed by atoms with Crippen LogP contribution in [0.5, 0.6) is 0 Å². The third kappa shape index (κ3) is 2.53. The van der Waals surface area contributed by atoms with Crippen molar-refractivity contribution in [3.63, 3.8) is 0 Å². The minimum Gasteiger partial charge on any atom is -0.302 e. The van der Waals surface area contributed by atoms with Gasteiger partial charge < -0.3 is 4.40 Å². The Morgan fingerprint density at radius 3 is 2.45 bits per heavy atom. The Morgan fingerprint density at radius 1 is 0.864 bits per heavy atom. The van der Waals surface area contributed by atoms with Gasteiger partial charge in [-0.15, -0.1) is 0 Å². The lowest BCUT2D eigenvalue weighted by molar-refractivity contribution is 0.218. The van der Waals surface area contributed by atoms with Crippen LogP contribution in [0.4, 0.5) is 0 Å². The summed E-state index contributed by atoms with van der Waals surface area (Å²) in [5.41, 5.74) is 4.67. The molecule has 0 spiro atoms. The molecule has 3 heteroatoms. The molecule has 1 aromatic carbocycles. The first kappa shape index (κ1) is 13.5. The summed E-state index contributed by atoms with van der Waals surface area (Å²) >= 11 is 0. The zero-order chi connectivity index (χ0) is 14.8. The molecule has 3 nitrogen and oxygen atoms in total. The maximum absolute atomic E-state index is 4.88. The van der Waals surface area contributed by atoms with E-state index in [0.717, 1.165) is 17.9 Å². The molecular weight excluding hydrogens is 270 g/mol. The molecule has 0 aliphatic carbocycles. The second-order valence-corrected chi connectivity index (χ2v) is 6.04. The van der Waals surface area contributed by atoms with Crippen LogP contribution in [0.1, 0.15) is 25.0 Å². The van der Waals surface area contributed by atoms with Crippen molar-refractivity contribution in [3.05, 3.63) is 60.4 Å². The third-order valence-electron chi connectivity index (χ3n) is 4.50. The van der Waals surface area contributed by atoms with Crippen molar-refractivity contribution in [2.75, 3.05) is 13.1 Å². The zero-order valence-corrected chi connectivity index (χ0v) is 12.8. The van der Waals surface area contributed by atoms with Gasteiger partial charge in [0.05, 0.1) is 11.4 Å². The molecule has 4 rings (SSSR count). The van der Waals surface area contributed by atoms with Crippen LogP contribution in [0, 0.1) is 0 Å². The van der Waals surface area contributed by atoms with Gasteiger partial charge in [-0.2, -0.15) is 0 Å². The van der Waals surface area contributed by atoms with E-state index >= 15 is 0 Å². The fourth-order valence-electron chi connectivity index (χ4n) is 3.35. The van der Waals surface area contributed by atoms with E-state index in [1.54, 1.807) is 0 Å². The molecule has 0 atom stereocenters. The molecule has 2 aromatic heterocycles. The second kappa shape index (κ2) is 5.93. The average Bonchev–Trinajstić information content (AvgIpc) is 2.95. The highest BCUT2D eigenvalue weighted by Crippen LogP contribution is 2.26. The molecular formula is C19H21N3. The predicted molar refractivity (Wildman–Crippen MR) is 89.8 cm³/mol. The summed E-state index contributed by atoms with van der Waals surface area (Å²) in [6.45, 7) is 3.39. The third-order valence-corrected chi connectivity index (χ3v) is 4.50. The number of imidazole rings is 1. The molecule has 0 bridgehead atoms. The van der Waals surface area contributed by atoms with Crippen molar-refractivity contribution in [1.82, 2.24) is 14.3 Å². The Bertz CT molecular complexity index is 755. The molecule has 0 N–H and O–H groups in total. The van der Waals surface area contributed by atoms with Crippen molar-refractivity contribution in [2.24, 2.45) is 0 Å². The van der Waals surface area contributed by atoms with Crippen LogP contribution in [-0.4, -0.2) is 27.4 Å². The number of aromatic nitrogens is 2. The Balaban J connectivity index is 1.79. The average molecular weight is 291 g/mol. The standard InChI is InChI=1S/C19H21N3/c1-3-9-16(10-4-1)19-17(15-21-12-6-2-7-13-21)22-14-8-5-11-18(22)20-19/h1,3-5,8-11,14H,2,6-7,12-13,15H2. The van der Waals surface area contributed by atoms with Crippen molar-refractivity contribution in [1.29, 1.82) is 0 Å². The first-order valence-electron chi connectivity index (χ1n) is 8.15.